The number of hydrogen-bond donors (Lipinski definition) is 2. The Morgan fingerprint density at radius 1 is 0.969 bits per heavy atom. The van der Waals surface area contributed by atoms with Crippen LogP contribution in [0.1, 0.15) is 5.56 Å². The van der Waals surface area contributed by atoms with Crippen LogP contribution in [0.3, 0.4) is 0 Å². The summed E-state index contributed by atoms with van der Waals surface area (Å²) in [5, 5.41) is 23.5. The standard InChI is InChI=1S/C23H17Cl3N4O2/c1-13-5-4-6-15(9-13)27-20(31)12-30-19-8-3-2-7-16(19)21(23(30)32)28-29-22-17(25)10-14(24)11-18(22)26/h2-11,32H,12H2,1H3,(H,27,31). The van der Waals surface area contributed by atoms with Crippen molar-refractivity contribution in [1.29, 1.82) is 0 Å². The number of nitrogens with zero attached hydrogens (tertiary/aromatic N) is 3. The van der Waals surface area contributed by atoms with E-state index in [1.165, 1.54) is 16.7 Å². The Labute approximate surface area is 199 Å². The first-order valence-corrected chi connectivity index (χ1v) is 10.7. The first-order chi connectivity index (χ1) is 15.3. The number of hydrogen-bond acceptors (Lipinski definition) is 4. The molecule has 32 heavy (non-hydrogen) atoms. The molecule has 4 aromatic rings. The maximum absolute atomic E-state index is 12.7. The van der Waals surface area contributed by atoms with E-state index in [1.807, 2.05) is 31.2 Å². The van der Waals surface area contributed by atoms with Crippen molar-refractivity contribution in [3.05, 3.63) is 81.3 Å². The summed E-state index contributed by atoms with van der Waals surface area (Å²) in [6.07, 6.45) is 0. The highest BCUT2D eigenvalue weighted by Gasteiger charge is 2.19. The number of carbonyl (C=O) groups excluding carboxylic acids is 1. The van der Waals surface area contributed by atoms with Crippen molar-refractivity contribution < 1.29 is 9.90 Å². The van der Waals surface area contributed by atoms with E-state index in [4.69, 9.17) is 34.8 Å². The lowest BCUT2D eigenvalue weighted by atomic mass is 10.2. The Bertz CT molecular complexity index is 1340. The summed E-state index contributed by atoms with van der Waals surface area (Å²) in [4.78, 5) is 12.7. The zero-order valence-corrected chi connectivity index (χ0v) is 19.1. The highest BCUT2D eigenvalue weighted by molar-refractivity contribution is 6.41. The van der Waals surface area contributed by atoms with Gasteiger partial charge in [-0.1, -0.05) is 65.1 Å². The number of azo groups is 1. The first kappa shape index (κ1) is 22.1. The molecule has 0 spiro atoms. The van der Waals surface area contributed by atoms with Crippen molar-refractivity contribution in [2.45, 2.75) is 13.5 Å². The number of anilines is 1. The minimum atomic E-state index is -0.293. The summed E-state index contributed by atoms with van der Waals surface area (Å²) < 4.78 is 1.47. The fraction of sp³-hybridized carbons (Fsp3) is 0.0870. The molecule has 1 amide bonds. The molecule has 0 unspecified atom stereocenters. The maximum Gasteiger partial charge on any atom is 0.244 e. The van der Waals surface area contributed by atoms with Gasteiger partial charge in [0.25, 0.3) is 0 Å². The number of aryl methyl sites for hydroxylation is 1. The molecule has 162 valence electrons. The van der Waals surface area contributed by atoms with Crippen molar-refractivity contribution in [3.8, 4) is 5.88 Å². The number of carbonyl (C=O) groups is 1. The van der Waals surface area contributed by atoms with Crippen LogP contribution < -0.4 is 5.32 Å². The Kier molecular flexibility index (Phi) is 6.37. The molecule has 0 fully saturated rings. The number of halogens is 3. The van der Waals surface area contributed by atoms with Gasteiger partial charge in [-0.05, 0) is 42.8 Å². The molecule has 2 N–H and O–H groups in total. The smallest absolute Gasteiger partial charge is 0.244 e. The number of benzene rings is 3. The molecule has 9 heteroatoms. The highest BCUT2D eigenvalue weighted by atomic mass is 35.5. The Morgan fingerprint density at radius 2 is 1.66 bits per heavy atom. The van der Waals surface area contributed by atoms with Crippen LogP contribution in [-0.4, -0.2) is 15.6 Å². The Morgan fingerprint density at radius 3 is 2.38 bits per heavy atom. The van der Waals surface area contributed by atoms with E-state index in [-0.39, 0.29) is 39.8 Å². The molecular formula is C23H17Cl3N4O2. The molecule has 0 saturated heterocycles. The molecule has 1 aromatic heterocycles. The van der Waals surface area contributed by atoms with Crippen LogP contribution in [0.15, 0.2) is 70.9 Å². The van der Waals surface area contributed by atoms with E-state index in [0.29, 0.717) is 21.6 Å². The van der Waals surface area contributed by atoms with Gasteiger partial charge in [-0.15, -0.1) is 10.2 Å². The van der Waals surface area contributed by atoms with Crippen molar-refractivity contribution in [3.63, 3.8) is 0 Å². The predicted molar refractivity (Wildman–Crippen MR) is 129 cm³/mol. The van der Waals surface area contributed by atoms with E-state index in [0.717, 1.165) is 5.56 Å². The molecule has 4 rings (SSSR count). The molecule has 0 radical (unpaired) electrons. The lowest BCUT2D eigenvalue weighted by Crippen LogP contribution is -2.18. The summed E-state index contributed by atoms with van der Waals surface area (Å²) in [5.41, 5.74) is 2.76. The summed E-state index contributed by atoms with van der Waals surface area (Å²) in [6.45, 7) is 1.83. The molecule has 1 heterocycles. The Balaban J connectivity index is 1.69. The van der Waals surface area contributed by atoms with E-state index in [2.05, 4.69) is 15.5 Å². The van der Waals surface area contributed by atoms with Gasteiger partial charge in [0.15, 0.2) is 5.69 Å². The van der Waals surface area contributed by atoms with Crippen molar-refractivity contribution in [2.75, 3.05) is 5.32 Å². The predicted octanol–water partition coefficient (Wildman–Crippen LogP) is 7.67. The van der Waals surface area contributed by atoms with Gasteiger partial charge in [-0.25, -0.2) is 0 Å². The zero-order chi connectivity index (χ0) is 22.8. The number of para-hydroxylation sites is 1. The molecule has 0 aliphatic rings. The Hall–Kier alpha value is -3.06. The van der Waals surface area contributed by atoms with Crippen LogP contribution in [-0.2, 0) is 11.3 Å². The molecule has 3 aromatic carbocycles. The number of rotatable bonds is 5. The second-order valence-electron chi connectivity index (χ2n) is 7.11. The van der Waals surface area contributed by atoms with Crippen LogP contribution in [0.25, 0.3) is 10.9 Å². The maximum atomic E-state index is 12.7. The van der Waals surface area contributed by atoms with E-state index in [9.17, 15) is 9.90 Å². The molecule has 0 saturated carbocycles. The van der Waals surface area contributed by atoms with Crippen molar-refractivity contribution in [2.24, 2.45) is 10.2 Å². The lowest BCUT2D eigenvalue weighted by Gasteiger charge is -2.09. The lowest BCUT2D eigenvalue weighted by molar-refractivity contribution is -0.116. The topological polar surface area (TPSA) is 79.0 Å². The summed E-state index contributed by atoms with van der Waals surface area (Å²) >= 11 is 18.3. The number of amides is 1. The minimum absolute atomic E-state index is 0.113. The van der Waals surface area contributed by atoms with Crippen molar-refractivity contribution >= 4 is 68.7 Å². The minimum Gasteiger partial charge on any atom is -0.493 e. The number of aromatic hydroxyl groups is 1. The quantitative estimate of drug-likeness (QED) is 0.283. The average Bonchev–Trinajstić information content (AvgIpc) is 2.99. The van der Waals surface area contributed by atoms with Gasteiger partial charge in [0.1, 0.15) is 12.2 Å². The van der Waals surface area contributed by atoms with Crippen LogP contribution in [0.5, 0.6) is 5.88 Å². The SMILES string of the molecule is Cc1cccc(NC(=O)Cn2c(O)c(N=Nc3c(Cl)cc(Cl)cc3Cl)c3ccccc32)c1. The first-order valence-electron chi connectivity index (χ1n) is 9.56. The third-order valence-corrected chi connectivity index (χ3v) is 5.55. The monoisotopic (exact) mass is 486 g/mol. The van der Waals surface area contributed by atoms with E-state index >= 15 is 0 Å². The van der Waals surface area contributed by atoms with Gasteiger partial charge in [0.05, 0.1) is 15.6 Å². The van der Waals surface area contributed by atoms with Gasteiger partial charge >= 0.3 is 0 Å². The number of fused-ring (bicyclic) bond motifs is 1. The second-order valence-corrected chi connectivity index (χ2v) is 8.36. The van der Waals surface area contributed by atoms with Crippen molar-refractivity contribution in [1.82, 2.24) is 4.57 Å². The summed E-state index contributed by atoms with van der Waals surface area (Å²) in [5.74, 6) is -0.491. The van der Waals surface area contributed by atoms with Gasteiger partial charge < -0.3 is 15.0 Å². The van der Waals surface area contributed by atoms with Crippen LogP contribution in [0, 0.1) is 6.92 Å². The zero-order valence-electron chi connectivity index (χ0n) is 16.8. The fourth-order valence-corrected chi connectivity index (χ4v) is 4.22. The van der Waals surface area contributed by atoms with Gasteiger partial charge in [0.2, 0.25) is 11.8 Å². The molecule has 0 atom stereocenters. The largest absolute Gasteiger partial charge is 0.493 e. The molecule has 0 aliphatic carbocycles. The summed E-state index contributed by atoms with van der Waals surface area (Å²) in [7, 11) is 0. The van der Waals surface area contributed by atoms with Crippen LogP contribution in [0.4, 0.5) is 17.1 Å². The van der Waals surface area contributed by atoms with Gasteiger partial charge in [-0.2, -0.15) is 0 Å². The molecule has 6 nitrogen and oxygen atoms in total. The molecule has 0 aliphatic heterocycles. The summed E-state index contributed by atoms with van der Waals surface area (Å²) in [6, 6.07) is 17.7. The number of nitrogens with one attached hydrogen (secondary N) is 1. The highest BCUT2D eigenvalue weighted by Crippen LogP contribution is 2.42. The van der Waals surface area contributed by atoms with Gasteiger partial charge in [0, 0.05) is 16.1 Å². The third kappa shape index (κ3) is 4.58. The average molecular weight is 488 g/mol. The van der Waals surface area contributed by atoms with Gasteiger partial charge in [-0.3, -0.25) is 4.79 Å². The normalized spacial score (nSPS) is 11.4. The van der Waals surface area contributed by atoms with Crippen LogP contribution in [0.2, 0.25) is 15.1 Å². The molecular weight excluding hydrogens is 471 g/mol. The number of aromatic nitrogens is 1. The molecule has 0 bridgehead atoms. The fourth-order valence-electron chi connectivity index (χ4n) is 3.33. The second kappa shape index (κ2) is 9.20. The van der Waals surface area contributed by atoms with E-state index in [1.54, 1.807) is 24.3 Å². The third-order valence-electron chi connectivity index (χ3n) is 4.75. The van der Waals surface area contributed by atoms with Crippen LogP contribution >= 0.6 is 34.8 Å². The van der Waals surface area contributed by atoms with E-state index < -0.39 is 0 Å².